The highest BCUT2D eigenvalue weighted by atomic mass is 16.1. The van der Waals surface area contributed by atoms with Gasteiger partial charge < -0.3 is 20.9 Å². The van der Waals surface area contributed by atoms with Crippen LogP contribution in [-0.4, -0.2) is 67.1 Å². The van der Waals surface area contributed by atoms with Gasteiger partial charge in [0.2, 0.25) is 5.91 Å². The van der Waals surface area contributed by atoms with Gasteiger partial charge in [-0.3, -0.25) is 4.79 Å². The summed E-state index contributed by atoms with van der Waals surface area (Å²) in [5.74, 6) is -0.231. The molecule has 20 heavy (non-hydrogen) atoms. The number of likely N-dealkylation sites (N-methyl/N-ethyl adjacent to an activating group) is 1. The molecule has 0 aromatic carbocycles. The predicted molar refractivity (Wildman–Crippen MR) is 81.5 cm³/mol. The number of nitrogens with zero attached hydrogens (tertiary/aromatic N) is 2. The van der Waals surface area contributed by atoms with Crippen LogP contribution in [0, 0.1) is 0 Å². The van der Waals surface area contributed by atoms with Gasteiger partial charge in [0.15, 0.2) is 0 Å². The van der Waals surface area contributed by atoms with E-state index in [0.29, 0.717) is 0 Å². The van der Waals surface area contributed by atoms with E-state index < -0.39 is 0 Å². The van der Waals surface area contributed by atoms with Gasteiger partial charge in [0.1, 0.15) is 0 Å². The smallest absolute Gasteiger partial charge is 0.235 e. The van der Waals surface area contributed by atoms with Crippen LogP contribution in [0.4, 0.5) is 0 Å². The first-order valence-electron chi connectivity index (χ1n) is 8.19. The average Bonchev–Trinajstić information content (AvgIpc) is 2.48. The lowest BCUT2D eigenvalue weighted by Crippen LogP contribution is -2.53. The fourth-order valence-corrected chi connectivity index (χ4v) is 3.51. The van der Waals surface area contributed by atoms with Crippen LogP contribution in [0.5, 0.6) is 0 Å². The number of carbonyl (C=O) groups is 1. The molecule has 0 aliphatic carbocycles. The Bertz CT molecular complexity index is 296. The zero-order valence-electron chi connectivity index (χ0n) is 12.8. The maximum absolute atomic E-state index is 11.4. The molecule has 3 N–H and O–H groups in total. The van der Waals surface area contributed by atoms with Gasteiger partial charge in [-0.05, 0) is 58.4 Å². The summed E-state index contributed by atoms with van der Waals surface area (Å²) < 4.78 is 0. The van der Waals surface area contributed by atoms with E-state index in [0.717, 1.165) is 32.2 Å². The highest BCUT2D eigenvalue weighted by molar-refractivity contribution is 5.80. The van der Waals surface area contributed by atoms with Crippen LogP contribution in [0.25, 0.3) is 0 Å². The first-order chi connectivity index (χ1) is 9.70. The van der Waals surface area contributed by atoms with Crippen LogP contribution < -0.4 is 11.1 Å². The number of nitrogens with two attached hydrogens (primary N) is 1. The van der Waals surface area contributed by atoms with Gasteiger partial charge in [0.05, 0.1) is 6.04 Å². The minimum Gasteiger partial charge on any atom is -0.368 e. The molecule has 0 aromatic rings. The van der Waals surface area contributed by atoms with Gasteiger partial charge in [-0.2, -0.15) is 0 Å². The number of piperidine rings is 2. The molecule has 0 aromatic heterocycles. The molecule has 1 atom stereocenters. The van der Waals surface area contributed by atoms with Crippen LogP contribution in [0.2, 0.25) is 0 Å². The fraction of sp³-hybridized carbons (Fsp3) is 0.933. The van der Waals surface area contributed by atoms with Crippen molar-refractivity contribution in [3.05, 3.63) is 0 Å². The van der Waals surface area contributed by atoms with Crippen molar-refractivity contribution < 1.29 is 4.79 Å². The molecule has 0 spiro atoms. The van der Waals surface area contributed by atoms with Crippen molar-refractivity contribution in [3.63, 3.8) is 0 Å². The lowest BCUT2D eigenvalue weighted by molar-refractivity contribution is -0.120. The highest BCUT2D eigenvalue weighted by Crippen LogP contribution is 2.20. The molecule has 5 heteroatoms. The van der Waals surface area contributed by atoms with E-state index in [1.165, 1.54) is 45.2 Å². The van der Waals surface area contributed by atoms with Gasteiger partial charge in [0, 0.05) is 12.6 Å². The molecule has 0 radical (unpaired) electrons. The maximum Gasteiger partial charge on any atom is 0.235 e. The zero-order valence-corrected chi connectivity index (χ0v) is 12.8. The number of carbonyl (C=O) groups excluding carboxylic acids is 1. The lowest BCUT2D eigenvalue weighted by Gasteiger charge is -2.40. The predicted octanol–water partition coefficient (Wildman–Crippen LogP) is 0.400. The topological polar surface area (TPSA) is 61.6 Å². The number of likely N-dealkylation sites (tertiary alicyclic amines) is 2. The Morgan fingerprint density at radius 2 is 1.85 bits per heavy atom. The van der Waals surface area contributed by atoms with E-state index in [4.69, 9.17) is 5.73 Å². The van der Waals surface area contributed by atoms with Crippen LogP contribution in [-0.2, 0) is 4.79 Å². The van der Waals surface area contributed by atoms with Gasteiger partial charge in [-0.15, -0.1) is 0 Å². The molecule has 0 bridgehead atoms. The molecule has 2 saturated heterocycles. The van der Waals surface area contributed by atoms with Crippen LogP contribution in [0.15, 0.2) is 0 Å². The third kappa shape index (κ3) is 4.43. The van der Waals surface area contributed by atoms with E-state index in [9.17, 15) is 4.79 Å². The van der Waals surface area contributed by atoms with Crippen molar-refractivity contribution in [3.8, 4) is 0 Å². The molecule has 2 rings (SSSR count). The van der Waals surface area contributed by atoms with Crippen LogP contribution in [0.3, 0.4) is 0 Å². The van der Waals surface area contributed by atoms with Crippen molar-refractivity contribution in [2.24, 2.45) is 5.73 Å². The Hall–Kier alpha value is -0.650. The van der Waals surface area contributed by atoms with Crippen molar-refractivity contribution in [2.75, 3.05) is 39.3 Å². The van der Waals surface area contributed by atoms with E-state index in [1.807, 2.05) is 6.92 Å². The molecule has 2 heterocycles. The molecular weight excluding hydrogens is 252 g/mol. The monoisotopic (exact) mass is 282 g/mol. The second-order valence-electron chi connectivity index (χ2n) is 6.14. The van der Waals surface area contributed by atoms with E-state index >= 15 is 0 Å². The maximum atomic E-state index is 11.4. The van der Waals surface area contributed by atoms with Gasteiger partial charge >= 0.3 is 0 Å². The minimum atomic E-state index is -0.231. The molecule has 2 aliphatic heterocycles. The Balaban J connectivity index is 1.74. The summed E-state index contributed by atoms with van der Waals surface area (Å²) in [6.45, 7) is 8.32. The molecule has 2 fully saturated rings. The third-order valence-electron chi connectivity index (χ3n) is 4.70. The molecule has 116 valence electrons. The third-order valence-corrected chi connectivity index (χ3v) is 4.70. The number of primary amides is 1. The van der Waals surface area contributed by atoms with Crippen molar-refractivity contribution in [1.82, 2.24) is 15.1 Å². The molecule has 2 aliphatic rings. The largest absolute Gasteiger partial charge is 0.368 e. The second kappa shape index (κ2) is 7.96. The summed E-state index contributed by atoms with van der Waals surface area (Å²) >= 11 is 0. The number of hydrogen-bond donors (Lipinski definition) is 2. The van der Waals surface area contributed by atoms with Crippen LogP contribution >= 0.6 is 0 Å². The first-order valence-corrected chi connectivity index (χ1v) is 8.19. The summed E-state index contributed by atoms with van der Waals surface area (Å²) in [4.78, 5) is 16.5. The second-order valence-corrected chi connectivity index (χ2v) is 6.14. The standard InChI is InChI=1S/C15H30N4O/c1-2-17-14(15(16)20)12-18-10-6-13(7-11-18)19-8-4-3-5-9-19/h13-14,17H,2-12H2,1H3,(H2,16,20). The zero-order chi connectivity index (χ0) is 14.4. The Kier molecular flexibility index (Phi) is 6.26. The normalized spacial score (nSPS) is 24.6. The van der Waals surface area contributed by atoms with E-state index in [-0.39, 0.29) is 11.9 Å². The number of amides is 1. The lowest BCUT2D eigenvalue weighted by atomic mass is 9.99. The quantitative estimate of drug-likeness (QED) is 0.740. The summed E-state index contributed by atoms with van der Waals surface area (Å²) in [7, 11) is 0. The summed E-state index contributed by atoms with van der Waals surface area (Å²) in [6.07, 6.45) is 6.60. The fourth-order valence-electron chi connectivity index (χ4n) is 3.51. The highest BCUT2D eigenvalue weighted by Gasteiger charge is 2.27. The average molecular weight is 282 g/mol. The molecule has 1 unspecified atom stereocenters. The van der Waals surface area contributed by atoms with Crippen molar-refractivity contribution in [2.45, 2.75) is 51.1 Å². The number of nitrogens with one attached hydrogen (secondary N) is 1. The summed E-state index contributed by atoms with van der Waals surface area (Å²) in [6, 6.07) is 0.559. The van der Waals surface area contributed by atoms with Gasteiger partial charge in [-0.1, -0.05) is 13.3 Å². The van der Waals surface area contributed by atoms with Gasteiger partial charge in [0.25, 0.3) is 0 Å². The molecular formula is C15H30N4O. The van der Waals surface area contributed by atoms with E-state index in [2.05, 4.69) is 15.1 Å². The Morgan fingerprint density at radius 1 is 1.20 bits per heavy atom. The SMILES string of the molecule is CCNC(CN1CCC(N2CCCCC2)CC1)C(N)=O. The summed E-state index contributed by atoms with van der Waals surface area (Å²) in [5, 5.41) is 3.18. The van der Waals surface area contributed by atoms with Crippen molar-refractivity contribution in [1.29, 1.82) is 0 Å². The minimum absolute atomic E-state index is 0.202. The number of rotatable bonds is 6. The Labute approximate surface area is 122 Å². The molecule has 1 amide bonds. The van der Waals surface area contributed by atoms with Gasteiger partial charge in [-0.25, -0.2) is 0 Å². The van der Waals surface area contributed by atoms with Crippen LogP contribution in [0.1, 0.15) is 39.0 Å². The number of hydrogen-bond acceptors (Lipinski definition) is 4. The summed E-state index contributed by atoms with van der Waals surface area (Å²) in [5.41, 5.74) is 5.45. The Morgan fingerprint density at radius 3 is 2.40 bits per heavy atom. The van der Waals surface area contributed by atoms with Crippen molar-refractivity contribution >= 4 is 5.91 Å². The molecule has 0 saturated carbocycles. The van der Waals surface area contributed by atoms with E-state index in [1.54, 1.807) is 0 Å². The first kappa shape index (κ1) is 15.7. The molecule has 5 nitrogen and oxygen atoms in total.